The molecular weight excluding hydrogens is 258 g/mol. The first-order valence-electron chi connectivity index (χ1n) is 6.32. The second-order valence-corrected chi connectivity index (χ2v) is 5.33. The minimum Gasteiger partial charge on any atom is -0.393 e. The van der Waals surface area contributed by atoms with E-state index in [0.717, 1.165) is 11.3 Å². The van der Waals surface area contributed by atoms with Crippen molar-refractivity contribution in [1.82, 2.24) is 4.90 Å². The average molecular weight is 279 g/mol. The second-order valence-electron chi connectivity index (χ2n) is 4.80. The molecule has 0 heterocycles. The van der Waals surface area contributed by atoms with E-state index in [0.29, 0.717) is 18.0 Å². The monoisotopic (exact) mass is 279 g/mol. The fraction of sp³-hybridized carbons (Fsp3) is 0.429. The van der Waals surface area contributed by atoms with Gasteiger partial charge in [-0.3, -0.25) is 0 Å². The Bertz CT molecular complexity index is 460. The summed E-state index contributed by atoms with van der Waals surface area (Å²) in [5, 5.41) is 2.89. The normalized spacial score (nSPS) is 10.3. The van der Waals surface area contributed by atoms with Crippen molar-refractivity contribution >= 4 is 28.9 Å². The molecular formula is C14H21N3OS. The minimum absolute atomic E-state index is 0.0964. The third-order valence-corrected chi connectivity index (χ3v) is 2.96. The Morgan fingerprint density at radius 1 is 1.47 bits per heavy atom. The first-order valence-corrected chi connectivity index (χ1v) is 6.73. The number of hydrogen-bond acceptors (Lipinski definition) is 2. The van der Waals surface area contributed by atoms with Crippen LogP contribution in [0.3, 0.4) is 0 Å². The van der Waals surface area contributed by atoms with Gasteiger partial charge in [-0.2, -0.15) is 0 Å². The lowest BCUT2D eigenvalue weighted by Gasteiger charge is -2.26. The fourth-order valence-electron chi connectivity index (χ4n) is 1.74. The van der Waals surface area contributed by atoms with Crippen molar-refractivity contribution in [2.75, 3.05) is 11.9 Å². The van der Waals surface area contributed by atoms with Gasteiger partial charge in [-0.1, -0.05) is 24.4 Å². The van der Waals surface area contributed by atoms with Gasteiger partial charge in [0.1, 0.15) is 0 Å². The minimum atomic E-state index is -0.128. The summed E-state index contributed by atoms with van der Waals surface area (Å²) in [6, 6.07) is 7.68. The number of benzene rings is 1. The third kappa shape index (κ3) is 5.26. The largest absolute Gasteiger partial charge is 0.393 e. The maximum Gasteiger partial charge on any atom is 0.322 e. The Hall–Kier alpha value is -1.62. The highest BCUT2D eigenvalue weighted by atomic mass is 32.1. The number of nitrogens with zero attached hydrogens (tertiary/aromatic N) is 1. The molecule has 1 aromatic rings. The number of anilines is 1. The highest BCUT2D eigenvalue weighted by Crippen LogP contribution is 2.11. The van der Waals surface area contributed by atoms with Gasteiger partial charge in [-0.25, -0.2) is 4.79 Å². The van der Waals surface area contributed by atoms with Crippen LogP contribution in [0, 0.1) is 6.92 Å². The van der Waals surface area contributed by atoms with Gasteiger partial charge in [0, 0.05) is 24.7 Å². The quantitative estimate of drug-likeness (QED) is 0.815. The Balaban J connectivity index is 2.69. The third-order valence-electron chi connectivity index (χ3n) is 2.75. The van der Waals surface area contributed by atoms with Crippen LogP contribution in [0.4, 0.5) is 10.5 Å². The molecule has 4 nitrogen and oxygen atoms in total. The van der Waals surface area contributed by atoms with Crippen LogP contribution >= 0.6 is 12.2 Å². The predicted octanol–water partition coefficient (Wildman–Crippen LogP) is 2.91. The van der Waals surface area contributed by atoms with E-state index >= 15 is 0 Å². The molecule has 104 valence electrons. The lowest BCUT2D eigenvalue weighted by molar-refractivity contribution is 0.199. The Morgan fingerprint density at radius 3 is 2.68 bits per heavy atom. The highest BCUT2D eigenvalue weighted by Gasteiger charge is 2.16. The molecule has 0 aromatic heterocycles. The summed E-state index contributed by atoms with van der Waals surface area (Å²) in [5.74, 6) is 0. The smallest absolute Gasteiger partial charge is 0.322 e. The van der Waals surface area contributed by atoms with Crippen molar-refractivity contribution in [2.45, 2.75) is 33.2 Å². The van der Waals surface area contributed by atoms with Crippen molar-refractivity contribution in [3.63, 3.8) is 0 Å². The molecule has 0 saturated heterocycles. The molecule has 0 saturated carbocycles. The molecule has 5 heteroatoms. The zero-order chi connectivity index (χ0) is 14.4. The van der Waals surface area contributed by atoms with Crippen molar-refractivity contribution in [2.24, 2.45) is 5.73 Å². The average Bonchev–Trinajstić information content (AvgIpc) is 2.28. The molecule has 3 N–H and O–H groups in total. The van der Waals surface area contributed by atoms with Crippen LogP contribution in [0.5, 0.6) is 0 Å². The van der Waals surface area contributed by atoms with E-state index in [4.69, 9.17) is 18.0 Å². The molecule has 0 radical (unpaired) electrons. The van der Waals surface area contributed by atoms with Gasteiger partial charge in [0.25, 0.3) is 0 Å². The van der Waals surface area contributed by atoms with Gasteiger partial charge in [-0.05, 0) is 38.5 Å². The van der Waals surface area contributed by atoms with E-state index in [1.165, 1.54) is 0 Å². The summed E-state index contributed by atoms with van der Waals surface area (Å²) in [6.45, 7) is 6.46. The molecule has 0 unspecified atom stereocenters. The van der Waals surface area contributed by atoms with Gasteiger partial charge in [-0.15, -0.1) is 0 Å². The molecule has 0 fully saturated rings. The lowest BCUT2D eigenvalue weighted by Crippen LogP contribution is -2.41. The summed E-state index contributed by atoms with van der Waals surface area (Å²) in [7, 11) is 0. The topological polar surface area (TPSA) is 58.4 Å². The van der Waals surface area contributed by atoms with Crippen LogP contribution in [0.25, 0.3) is 0 Å². The second kappa shape index (κ2) is 7.09. The standard InChI is InChI=1S/C14H21N3OS/c1-10(2)17(8-7-13(15)19)14(18)16-12-6-4-5-11(3)9-12/h4-6,9-10H,7-8H2,1-3H3,(H2,15,19)(H,16,18). The van der Waals surface area contributed by atoms with Crippen molar-refractivity contribution in [3.05, 3.63) is 29.8 Å². The zero-order valence-corrected chi connectivity index (χ0v) is 12.5. The molecule has 1 aromatic carbocycles. The van der Waals surface area contributed by atoms with E-state index in [9.17, 15) is 4.79 Å². The van der Waals surface area contributed by atoms with Crippen molar-refractivity contribution < 1.29 is 4.79 Å². The molecule has 0 atom stereocenters. The highest BCUT2D eigenvalue weighted by molar-refractivity contribution is 7.80. The molecule has 19 heavy (non-hydrogen) atoms. The number of rotatable bonds is 5. The SMILES string of the molecule is Cc1cccc(NC(=O)N(CCC(N)=S)C(C)C)c1. The lowest BCUT2D eigenvalue weighted by atomic mass is 10.2. The van der Waals surface area contributed by atoms with Gasteiger partial charge >= 0.3 is 6.03 Å². The molecule has 0 aliphatic rings. The van der Waals surface area contributed by atoms with Crippen molar-refractivity contribution in [3.8, 4) is 0 Å². The number of nitrogens with two attached hydrogens (primary N) is 1. The summed E-state index contributed by atoms with van der Waals surface area (Å²) in [4.78, 5) is 14.4. The van der Waals surface area contributed by atoms with E-state index < -0.39 is 0 Å². The fourth-order valence-corrected chi connectivity index (χ4v) is 1.83. The van der Waals surface area contributed by atoms with Gasteiger partial charge in [0.05, 0.1) is 4.99 Å². The van der Waals surface area contributed by atoms with Gasteiger partial charge in [0.2, 0.25) is 0 Å². The Kier molecular flexibility index (Phi) is 5.76. The van der Waals surface area contributed by atoms with Crippen molar-refractivity contribution in [1.29, 1.82) is 0 Å². The summed E-state index contributed by atoms with van der Waals surface area (Å²) in [5.41, 5.74) is 7.39. The first kappa shape index (κ1) is 15.4. The molecule has 0 aliphatic heterocycles. The zero-order valence-electron chi connectivity index (χ0n) is 11.6. The first-order chi connectivity index (χ1) is 8.90. The number of nitrogens with one attached hydrogen (secondary N) is 1. The number of aryl methyl sites for hydroxylation is 1. The number of thiocarbonyl (C=S) groups is 1. The molecule has 0 spiro atoms. The van der Waals surface area contributed by atoms with Gasteiger partial charge < -0.3 is 16.0 Å². The summed E-state index contributed by atoms with van der Waals surface area (Å²) in [6.07, 6.45) is 0.536. The molecule has 2 amide bonds. The van der Waals surface area contributed by atoms with Crippen LogP contribution in [0.2, 0.25) is 0 Å². The van der Waals surface area contributed by atoms with Crippen LogP contribution in [0.1, 0.15) is 25.8 Å². The van der Waals surface area contributed by atoms with Crippen LogP contribution in [0.15, 0.2) is 24.3 Å². The van der Waals surface area contributed by atoms with Crippen LogP contribution in [-0.2, 0) is 0 Å². The number of carbonyl (C=O) groups excluding carboxylic acids is 1. The summed E-state index contributed by atoms with van der Waals surface area (Å²) < 4.78 is 0. The van der Waals surface area contributed by atoms with Crippen LogP contribution in [-0.4, -0.2) is 28.5 Å². The number of hydrogen-bond donors (Lipinski definition) is 2. The molecule has 0 aliphatic carbocycles. The Morgan fingerprint density at radius 2 is 2.16 bits per heavy atom. The molecule has 0 bridgehead atoms. The molecule has 1 rings (SSSR count). The van der Waals surface area contributed by atoms with E-state index in [1.807, 2.05) is 45.0 Å². The Labute approximate surface area is 120 Å². The van der Waals surface area contributed by atoms with E-state index in [-0.39, 0.29) is 12.1 Å². The maximum atomic E-state index is 12.2. The number of amides is 2. The maximum absolute atomic E-state index is 12.2. The van der Waals surface area contributed by atoms with Gasteiger partial charge in [0.15, 0.2) is 0 Å². The number of urea groups is 1. The van der Waals surface area contributed by atoms with Crippen LogP contribution < -0.4 is 11.1 Å². The van der Waals surface area contributed by atoms with E-state index in [1.54, 1.807) is 4.90 Å². The predicted molar refractivity (Wildman–Crippen MR) is 83.4 cm³/mol. The number of carbonyl (C=O) groups is 1. The van der Waals surface area contributed by atoms with E-state index in [2.05, 4.69) is 5.32 Å². The summed E-state index contributed by atoms with van der Waals surface area (Å²) >= 11 is 4.85.